The lowest BCUT2D eigenvalue weighted by Crippen LogP contribution is -2.28. The van der Waals surface area contributed by atoms with Gasteiger partial charge in [-0.25, -0.2) is 0 Å². The standard InChI is InChI=1S/C15H22BrN/c1-11-7-9-12(10-8-11)15(17-2)13-5-3-4-6-14(13)16/h3-6,11-12,15,17H,7-10H2,1-2H3. The number of hydrogen-bond donors (Lipinski definition) is 1. The Morgan fingerprint density at radius 3 is 2.41 bits per heavy atom. The summed E-state index contributed by atoms with van der Waals surface area (Å²) in [6.07, 6.45) is 5.47. The van der Waals surface area contributed by atoms with Crippen LogP contribution in [-0.2, 0) is 0 Å². The van der Waals surface area contributed by atoms with E-state index in [0.717, 1.165) is 11.8 Å². The van der Waals surface area contributed by atoms with Crippen LogP contribution in [0.3, 0.4) is 0 Å². The lowest BCUT2D eigenvalue weighted by molar-refractivity contribution is 0.237. The van der Waals surface area contributed by atoms with E-state index in [4.69, 9.17) is 0 Å². The Labute approximate surface area is 113 Å². The minimum Gasteiger partial charge on any atom is -0.313 e. The fourth-order valence-corrected chi connectivity index (χ4v) is 3.52. The predicted molar refractivity (Wildman–Crippen MR) is 77.1 cm³/mol. The van der Waals surface area contributed by atoms with Crippen molar-refractivity contribution in [2.24, 2.45) is 11.8 Å². The van der Waals surface area contributed by atoms with Gasteiger partial charge in [-0.2, -0.15) is 0 Å². The second kappa shape index (κ2) is 6.01. The maximum atomic E-state index is 3.68. The van der Waals surface area contributed by atoms with Crippen molar-refractivity contribution < 1.29 is 0 Å². The highest BCUT2D eigenvalue weighted by atomic mass is 79.9. The molecule has 1 unspecified atom stereocenters. The summed E-state index contributed by atoms with van der Waals surface area (Å²) < 4.78 is 1.23. The van der Waals surface area contributed by atoms with Crippen molar-refractivity contribution in [3.8, 4) is 0 Å². The minimum absolute atomic E-state index is 0.498. The van der Waals surface area contributed by atoms with Crippen LogP contribution in [0.5, 0.6) is 0 Å². The molecule has 1 fully saturated rings. The number of nitrogens with one attached hydrogen (secondary N) is 1. The molecule has 2 heteroatoms. The highest BCUT2D eigenvalue weighted by Crippen LogP contribution is 2.38. The molecular weight excluding hydrogens is 274 g/mol. The quantitative estimate of drug-likeness (QED) is 0.863. The van der Waals surface area contributed by atoms with Gasteiger partial charge in [-0.15, -0.1) is 0 Å². The summed E-state index contributed by atoms with van der Waals surface area (Å²) >= 11 is 3.68. The second-order valence-electron chi connectivity index (χ2n) is 5.31. The zero-order valence-electron chi connectivity index (χ0n) is 10.7. The van der Waals surface area contributed by atoms with E-state index in [2.05, 4.69) is 59.5 Å². The van der Waals surface area contributed by atoms with Gasteiger partial charge in [-0.05, 0) is 43.4 Å². The molecule has 0 saturated heterocycles. The van der Waals surface area contributed by atoms with Crippen LogP contribution in [0.15, 0.2) is 28.7 Å². The molecule has 1 atom stereocenters. The molecule has 0 spiro atoms. The third-order valence-corrected chi connectivity index (χ3v) is 4.81. The zero-order valence-corrected chi connectivity index (χ0v) is 12.3. The molecule has 1 aliphatic rings. The first-order valence-electron chi connectivity index (χ1n) is 6.64. The molecule has 0 amide bonds. The van der Waals surface area contributed by atoms with Crippen molar-refractivity contribution in [3.63, 3.8) is 0 Å². The predicted octanol–water partition coefficient (Wildman–Crippen LogP) is 4.54. The molecule has 94 valence electrons. The van der Waals surface area contributed by atoms with Crippen molar-refractivity contribution in [1.82, 2.24) is 5.32 Å². The maximum absolute atomic E-state index is 3.68. The SMILES string of the molecule is CNC(c1ccccc1Br)C1CCC(C)CC1. The molecule has 1 N–H and O–H groups in total. The second-order valence-corrected chi connectivity index (χ2v) is 6.16. The van der Waals surface area contributed by atoms with Gasteiger partial charge in [0.25, 0.3) is 0 Å². The summed E-state index contributed by atoms with van der Waals surface area (Å²) in [4.78, 5) is 0. The molecule has 17 heavy (non-hydrogen) atoms. The van der Waals surface area contributed by atoms with Gasteiger partial charge in [-0.3, -0.25) is 0 Å². The zero-order chi connectivity index (χ0) is 12.3. The van der Waals surface area contributed by atoms with Crippen molar-refractivity contribution in [2.75, 3.05) is 7.05 Å². The van der Waals surface area contributed by atoms with E-state index < -0.39 is 0 Å². The minimum atomic E-state index is 0.498. The average molecular weight is 296 g/mol. The molecular formula is C15H22BrN. The lowest BCUT2D eigenvalue weighted by Gasteiger charge is -2.33. The van der Waals surface area contributed by atoms with Gasteiger partial charge in [0.15, 0.2) is 0 Å². The smallest absolute Gasteiger partial charge is 0.0357 e. The first kappa shape index (κ1) is 13.1. The molecule has 1 aromatic rings. The molecule has 1 aromatic carbocycles. The largest absolute Gasteiger partial charge is 0.313 e. The van der Waals surface area contributed by atoms with E-state index in [1.165, 1.54) is 35.7 Å². The molecule has 0 aromatic heterocycles. The van der Waals surface area contributed by atoms with Crippen LogP contribution in [0.25, 0.3) is 0 Å². The fourth-order valence-electron chi connectivity index (χ4n) is 2.99. The maximum Gasteiger partial charge on any atom is 0.0357 e. The Balaban J connectivity index is 2.14. The highest BCUT2D eigenvalue weighted by molar-refractivity contribution is 9.10. The van der Waals surface area contributed by atoms with E-state index in [0.29, 0.717) is 6.04 Å². The summed E-state index contributed by atoms with van der Waals surface area (Å²) in [5, 5.41) is 3.51. The topological polar surface area (TPSA) is 12.0 Å². The Kier molecular flexibility index (Phi) is 4.63. The van der Waals surface area contributed by atoms with Crippen LogP contribution >= 0.6 is 15.9 Å². The van der Waals surface area contributed by atoms with Crippen molar-refractivity contribution in [1.29, 1.82) is 0 Å². The molecule has 2 rings (SSSR count). The average Bonchev–Trinajstić information content (AvgIpc) is 2.35. The fraction of sp³-hybridized carbons (Fsp3) is 0.600. The van der Waals surface area contributed by atoms with Gasteiger partial charge in [0.2, 0.25) is 0 Å². The van der Waals surface area contributed by atoms with E-state index in [1.54, 1.807) is 0 Å². The van der Waals surface area contributed by atoms with E-state index in [1.807, 2.05) is 0 Å². The Morgan fingerprint density at radius 1 is 1.18 bits per heavy atom. The Bertz CT molecular complexity index is 356. The van der Waals surface area contributed by atoms with Crippen molar-refractivity contribution in [2.45, 2.75) is 38.6 Å². The summed E-state index contributed by atoms with van der Waals surface area (Å²) in [6, 6.07) is 9.10. The van der Waals surface area contributed by atoms with Crippen molar-refractivity contribution in [3.05, 3.63) is 34.3 Å². The van der Waals surface area contributed by atoms with Crippen LogP contribution in [-0.4, -0.2) is 7.05 Å². The Morgan fingerprint density at radius 2 is 1.82 bits per heavy atom. The van der Waals surface area contributed by atoms with Gasteiger partial charge in [0.1, 0.15) is 0 Å². The van der Waals surface area contributed by atoms with Gasteiger partial charge in [-0.1, -0.05) is 53.9 Å². The first-order valence-corrected chi connectivity index (χ1v) is 7.43. The van der Waals surface area contributed by atoms with Gasteiger partial charge in [0, 0.05) is 10.5 Å². The van der Waals surface area contributed by atoms with E-state index >= 15 is 0 Å². The van der Waals surface area contributed by atoms with Gasteiger partial charge in [0.05, 0.1) is 0 Å². The lowest BCUT2D eigenvalue weighted by atomic mass is 9.77. The molecule has 1 saturated carbocycles. The van der Waals surface area contributed by atoms with Crippen LogP contribution < -0.4 is 5.32 Å². The molecule has 0 aliphatic heterocycles. The summed E-state index contributed by atoms with van der Waals surface area (Å²) in [5.74, 6) is 1.71. The molecule has 0 bridgehead atoms. The third kappa shape index (κ3) is 3.11. The van der Waals surface area contributed by atoms with Crippen LogP contribution in [0, 0.1) is 11.8 Å². The van der Waals surface area contributed by atoms with Crippen LogP contribution in [0.2, 0.25) is 0 Å². The van der Waals surface area contributed by atoms with Gasteiger partial charge < -0.3 is 5.32 Å². The third-order valence-electron chi connectivity index (χ3n) is 4.08. The summed E-state index contributed by atoms with van der Waals surface area (Å²) in [5.41, 5.74) is 1.41. The summed E-state index contributed by atoms with van der Waals surface area (Å²) in [7, 11) is 2.09. The molecule has 0 heterocycles. The van der Waals surface area contributed by atoms with E-state index in [-0.39, 0.29) is 0 Å². The molecule has 1 aliphatic carbocycles. The number of halogens is 1. The number of rotatable bonds is 3. The van der Waals surface area contributed by atoms with Crippen molar-refractivity contribution >= 4 is 15.9 Å². The number of benzene rings is 1. The van der Waals surface area contributed by atoms with E-state index in [9.17, 15) is 0 Å². The molecule has 1 nitrogen and oxygen atoms in total. The first-order chi connectivity index (χ1) is 8.22. The normalized spacial score (nSPS) is 26.8. The van der Waals surface area contributed by atoms with Crippen LogP contribution in [0.1, 0.15) is 44.2 Å². The van der Waals surface area contributed by atoms with Gasteiger partial charge >= 0.3 is 0 Å². The summed E-state index contributed by atoms with van der Waals surface area (Å²) in [6.45, 7) is 2.38. The van der Waals surface area contributed by atoms with Crippen LogP contribution in [0.4, 0.5) is 0 Å². The number of hydrogen-bond acceptors (Lipinski definition) is 1. The molecule has 0 radical (unpaired) electrons. The monoisotopic (exact) mass is 295 g/mol. The Hall–Kier alpha value is -0.340. The highest BCUT2D eigenvalue weighted by Gasteiger charge is 2.27.